The molecule has 1 rings (SSSR count). The molecule has 0 unspecified atom stereocenters. The average Bonchev–Trinajstić information content (AvgIpc) is 2.07. The molecule has 0 spiro atoms. The molecule has 0 radical (unpaired) electrons. The molecule has 0 saturated heterocycles. The first-order valence-corrected chi connectivity index (χ1v) is 4.53. The highest BCUT2D eigenvalue weighted by Crippen LogP contribution is 2.28. The van der Waals surface area contributed by atoms with Crippen LogP contribution in [-0.2, 0) is 0 Å². The van der Waals surface area contributed by atoms with Gasteiger partial charge in [0.2, 0.25) is 0 Å². The van der Waals surface area contributed by atoms with Crippen molar-refractivity contribution in [2.45, 2.75) is 13.8 Å². The minimum atomic E-state index is -0.990. The van der Waals surface area contributed by atoms with Crippen LogP contribution in [0.3, 0.4) is 0 Å². The lowest BCUT2D eigenvalue weighted by atomic mass is 10.0. The zero-order valence-electron chi connectivity index (χ0n) is 7.39. The van der Waals surface area contributed by atoms with Crippen LogP contribution < -0.4 is 5.73 Å². The number of carboxylic acid groups (broad SMARTS) is 1. The molecule has 0 aliphatic carbocycles. The second-order valence-electron chi connectivity index (χ2n) is 2.90. The maximum Gasteiger partial charge on any atom is 0.337 e. The van der Waals surface area contributed by atoms with Gasteiger partial charge in [0, 0.05) is 4.47 Å². The predicted octanol–water partition coefficient (Wildman–Crippen LogP) is 2.35. The summed E-state index contributed by atoms with van der Waals surface area (Å²) in [6.07, 6.45) is 0. The first-order chi connectivity index (χ1) is 5.95. The van der Waals surface area contributed by atoms with Gasteiger partial charge in [0.05, 0.1) is 11.3 Å². The Labute approximate surface area is 84.7 Å². The molecule has 0 heterocycles. The first-order valence-electron chi connectivity index (χ1n) is 3.73. The molecule has 13 heavy (non-hydrogen) atoms. The van der Waals surface area contributed by atoms with Crippen LogP contribution >= 0.6 is 15.9 Å². The van der Waals surface area contributed by atoms with E-state index in [9.17, 15) is 4.79 Å². The van der Waals surface area contributed by atoms with E-state index < -0.39 is 5.97 Å². The lowest BCUT2D eigenvalue weighted by molar-refractivity contribution is 0.0698. The topological polar surface area (TPSA) is 63.3 Å². The van der Waals surface area contributed by atoms with Crippen LogP contribution in [0.15, 0.2) is 10.5 Å². The number of nitrogen functional groups attached to an aromatic ring is 1. The van der Waals surface area contributed by atoms with E-state index in [0.717, 1.165) is 15.6 Å². The second-order valence-corrected chi connectivity index (χ2v) is 3.69. The third-order valence-electron chi connectivity index (χ3n) is 1.96. The molecular formula is C9H10BrNO2. The highest BCUT2D eigenvalue weighted by molar-refractivity contribution is 9.10. The standard InChI is InChI=1S/C9H10BrNO2/c1-4-3-6(9(12)13)8(11)5(2)7(4)10/h3H,11H2,1-2H3,(H,12,13). The van der Waals surface area contributed by atoms with Gasteiger partial charge in [-0.25, -0.2) is 4.79 Å². The van der Waals surface area contributed by atoms with Crippen molar-refractivity contribution in [2.24, 2.45) is 0 Å². The summed E-state index contributed by atoms with van der Waals surface area (Å²) in [4.78, 5) is 10.7. The monoisotopic (exact) mass is 243 g/mol. The van der Waals surface area contributed by atoms with Crippen molar-refractivity contribution in [1.82, 2.24) is 0 Å². The van der Waals surface area contributed by atoms with E-state index in [1.807, 2.05) is 6.92 Å². The zero-order valence-corrected chi connectivity index (χ0v) is 8.97. The molecule has 0 aliphatic rings. The zero-order chi connectivity index (χ0) is 10.2. The molecule has 3 N–H and O–H groups in total. The van der Waals surface area contributed by atoms with Gasteiger partial charge in [0.1, 0.15) is 0 Å². The minimum Gasteiger partial charge on any atom is -0.478 e. The van der Waals surface area contributed by atoms with E-state index in [2.05, 4.69) is 15.9 Å². The van der Waals surface area contributed by atoms with Crippen molar-refractivity contribution in [2.75, 3.05) is 5.73 Å². The van der Waals surface area contributed by atoms with E-state index in [-0.39, 0.29) is 5.56 Å². The minimum absolute atomic E-state index is 0.165. The van der Waals surface area contributed by atoms with Gasteiger partial charge in [-0.15, -0.1) is 0 Å². The fourth-order valence-electron chi connectivity index (χ4n) is 1.15. The quantitative estimate of drug-likeness (QED) is 0.745. The lowest BCUT2D eigenvalue weighted by Gasteiger charge is -2.09. The van der Waals surface area contributed by atoms with Gasteiger partial charge in [0.15, 0.2) is 0 Å². The molecular weight excluding hydrogens is 234 g/mol. The Bertz CT molecular complexity index is 374. The number of hydrogen-bond donors (Lipinski definition) is 2. The molecule has 1 aromatic carbocycles. The first kappa shape index (κ1) is 10.1. The number of halogens is 1. The molecule has 0 saturated carbocycles. The van der Waals surface area contributed by atoms with Crippen molar-refractivity contribution in [3.8, 4) is 0 Å². The lowest BCUT2D eigenvalue weighted by Crippen LogP contribution is -2.05. The maximum atomic E-state index is 10.7. The number of benzene rings is 1. The number of nitrogens with two attached hydrogens (primary N) is 1. The molecule has 0 aliphatic heterocycles. The molecule has 4 heteroatoms. The fraction of sp³-hybridized carbons (Fsp3) is 0.222. The van der Waals surface area contributed by atoms with E-state index >= 15 is 0 Å². The van der Waals surface area contributed by atoms with Gasteiger partial charge < -0.3 is 10.8 Å². The maximum absolute atomic E-state index is 10.7. The summed E-state index contributed by atoms with van der Waals surface area (Å²) in [6.45, 7) is 3.63. The van der Waals surface area contributed by atoms with Gasteiger partial charge in [-0.1, -0.05) is 15.9 Å². The van der Waals surface area contributed by atoms with Crippen molar-refractivity contribution < 1.29 is 9.90 Å². The molecule has 1 aromatic rings. The summed E-state index contributed by atoms with van der Waals surface area (Å²) in [6, 6.07) is 1.56. The highest BCUT2D eigenvalue weighted by Gasteiger charge is 2.13. The Morgan fingerprint density at radius 3 is 2.54 bits per heavy atom. The van der Waals surface area contributed by atoms with Crippen LogP contribution in [0.25, 0.3) is 0 Å². The van der Waals surface area contributed by atoms with E-state index in [1.54, 1.807) is 13.0 Å². The van der Waals surface area contributed by atoms with E-state index in [0.29, 0.717) is 5.69 Å². The molecule has 0 bridgehead atoms. The van der Waals surface area contributed by atoms with Gasteiger partial charge in [-0.3, -0.25) is 0 Å². The molecule has 0 fully saturated rings. The van der Waals surface area contributed by atoms with Crippen molar-refractivity contribution >= 4 is 27.6 Å². The number of anilines is 1. The predicted molar refractivity (Wildman–Crippen MR) is 55.0 cm³/mol. The average molecular weight is 244 g/mol. The third kappa shape index (κ3) is 1.67. The second kappa shape index (κ2) is 3.38. The summed E-state index contributed by atoms with van der Waals surface area (Å²) in [7, 11) is 0. The summed E-state index contributed by atoms with van der Waals surface area (Å²) in [5.41, 5.74) is 7.79. The number of aryl methyl sites for hydroxylation is 1. The summed E-state index contributed by atoms with van der Waals surface area (Å²) in [5, 5.41) is 8.81. The highest BCUT2D eigenvalue weighted by atomic mass is 79.9. The molecule has 0 amide bonds. The van der Waals surface area contributed by atoms with Crippen molar-refractivity contribution in [3.63, 3.8) is 0 Å². The van der Waals surface area contributed by atoms with Gasteiger partial charge in [0.25, 0.3) is 0 Å². The Hall–Kier alpha value is -1.03. The van der Waals surface area contributed by atoms with Gasteiger partial charge in [-0.05, 0) is 31.0 Å². The number of hydrogen-bond acceptors (Lipinski definition) is 2. The summed E-state index contributed by atoms with van der Waals surface area (Å²) >= 11 is 3.34. The van der Waals surface area contributed by atoms with Crippen molar-refractivity contribution in [1.29, 1.82) is 0 Å². The van der Waals surface area contributed by atoms with Gasteiger partial charge in [-0.2, -0.15) is 0 Å². The van der Waals surface area contributed by atoms with Crippen LogP contribution in [0.5, 0.6) is 0 Å². The number of carbonyl (C=O) groups is 1. The normalized spacial score (nSPS) is 10.1. The molecule has 0 atom stereocenters. The smallest absolute Gasteiger partial charge is 0.337 e. The third-order valence-corrected chi connectivity index (χ3v) is 3.18. The van der Waals surface area contributed by atoms with Crippen LogP contribution in [-0.4, -0.2) is 11.1 Å². The Balaban J connectivity index is 3.50. The van der Waals surface area contributed by atoms with Crippen LogP contribution in [0.2, 0.25) is 0 Å². The van der Waals surface area contributed by atoms with Crippen LogP contribution in [0.4, 0.5) is 5.69 Å². The van der Waals surface area contributed by atoms with Gasteiger partial charge >= 0.3 is 5.97 Å². The van der Waals surface area contributed by atoms with Crippen LogP contribution in [0.1, 0.15) is 21.5 Å². The molecule has 70 valence electrons. The Kier molecular flexibility index (Phi) is 2.61. The summed E-state index contributed by atoms with van der Waals surface area (Å²) in [5.74, 6) is -0.990. The largest absolute Gasteiger partial charge is 0.478 e. The van der Waals surface area contributed by atoms with E-state index in [4.69, 9.17) is 10.8 Å². The Morgan fingerprint density at radius 2 is 2.08 bits per heavy atom. The summed E-state index contributed by atoms with van der Waals surface area (Å²) < 4.78 is 0.870. The number of carboxylic acids is 1. The van der Waals surface area contributed by atoms with Crippen LogP contribution in [0, 0.1) is 13.8 Å². The Morgan fingerprint density at radius 1 is 1.54 bits per heavy atom. The SMILES string of the molecule is Cc1cc(C(=O)O)c(N)c(C)c1Br. The fourth-order valence-corrected chi connectivity index (χ4v) is 1.48. The number of rotatable bonds is 1. The number of aromatic carboxylic acids is 1. The van der Waals surface area contributed by atoms with Crippen molar-refractivity contribution in [3.05, 3.63) is 27.2 Å². The van der Waals surface area contributed by atoms with E-state index in [1.165, 1.54) is 0 Å². The molecule has 3 nitrogen and oxygen atoms in total. The molecule has 0 aromatic heterocycles.